The van der Waals surface area contributed by atoms with E-state index in [1.807, 2.05) is 30.3 Å². The Kier molecular flexibility index (Phi) is 4.77. The van der Waals surface area contributed by atoms with Crippen molar-refractivity contribution in [2.24, 2.45) is 0 Å². The molecule has 4 rings (SSSR count). The fourth-order valence-electron chi connectivity index (χ4n) is 3.26. The number of hydrogen-bond acceptors (Lipinski definition) is 6. The van der Waals surface area contributed by atoms with Crippen molar-refractivity contribution in [3.8, 4) is 11.3 Å². The minimum Gasteiger partial charge on any atom is -0.465 e. The highest BCUT2D eigenvalue weighted by atomic mass is 32.1. The molecule has 0 radical (unpaired) electrons. The third kappa shape index (κ3) is 3.38. The summed E-state index contributed by atoms with van der Waals surface area (Å²) in [4.78, 5) is 26.1. The SMILES string of the molecule is COC(=O)c1c(NC(=O)c2cc(-c3ccccc3)no2)sc2c1CCCC2. The number of carbonyl (C=O) groups excluding carboxylic acids is 2. The molecular formula is C20H18N2O4S. The van der Waals surface area contributed by atoms with Gasteiger partial charge in [0.1, 0.15) is 10.7 Å². The number of nitrogens with zero attached hydrogens (tertiary/aromatic N) is 1. The van der Waals surface area contributed by atoms with Crippen molar-refractivity contribution < 1.29 is 18.8 Å². The second-order valence-corrected chi connectivity index (χ2v) is 7.41. The summed E-state index contributed by atoms with van der Waals surface area (Å²) >= 11 is 1.44. The Morgan fingerprint density at radius 3 is 2.74 bits per heavy atom. The molecular weight excluding hydrogens is 364 g/mol. The summed E-state index contributed by atoms with van der Waals surface area (Å²) in [6.07, 6.45) is 3.86. The van der Waals surface area contributed by atoms with E-state index in [1.165, 1.54) is 18.4 Å². The predicted molar refractivity (Wildman–Crippen MR) is 102 cm³/mol. The lowest BCUT2D eigenvalue weighted by molar-refractivity contribution is 0.0601. The fourth-order valence-corrected chi connectivity index (χ4v) is 4.54. The number of amides is 1. The van der Waals surface area contributed by atoms with E-state index in [1.54, 1.807) is 6.07 Å². The van der Waals surface area contributed by atoms with Crippen molar-refractivity contribution >= 4 is 28.2 Å². The van der Waals surface area contributed by atoms with Gasteiger partial charge in [-0.3, -0.25) is 4.79 Å². The summed E-state index contributed by atoms with van der Waals surface area (Å²) in [5, 5.41) is 7.28. The second-order valence-electron chi connectivity index (χ2n) is 6.30. The van der Waals surface area contributed by atoms with Crippen molar-refractivity contribution in [2.45, 2.75) is 25.7 Å². The number of rotatable bonds is 4. The van der Waals surface area contributed by atoms with Gasteiger partial charge in [-0.2, -0.15) is 0 Å². The molecule has 0 aliphatic heterocycles. The summed E-state index contributed by atoms with van der Waals surface area (Å²) in [7, 11) is 1.35. The number of aromatic nitrogens is 1. The summed E-state index contributed by atoms with van der Waals surface area (Å²) in [5.74, 6) is -0.767. The van der Waals surface area contributed by atoms with Crippen LogP contribution in [-0.2, 0) is 17.6 Å². The van der Waals surface area contributed by atoms with E-state index in [4.69, 9.17) is 9.26 Å². The van der Waals surface area contributed by atoms with Crippen LogP contribution in [0.4, 0.5) is 5.00 Å². The maximum atomic E-state index is 12.6. The molecule has 3 aromatic rings. The number of carbonyl (C=O) groups is 2. The van der Waals surface area contributed by atoms with Crippen LogP contribution in [0, 0.1) is 0 Å². The number of fused-ring (bicyclic) bond motifs is 1. The van der Waals surface area contributed by atoms with Crippen LogP contribution >= 0.6 is 11.3 Å². The zero-order chi connectivity index (χ0) is 18.8. The molecule has 6 nitrogen and oxygen atoms in total. The number of benzene rings is 1. The largest absolute Gasteiger partial charge is 0.465 e. The normalized spacial score (nSPS) is 13.1. The zero-order valence-electron chi connectivity index (χ0n) is 14.8. The minimum absolute atomic E-state index is 0.0936. The molecule has 1 aliphatic carbocycles. The van der Waals surface area contributed by atoms with Crippen LogP contribution in [0.3, 0.4) is 0 Å². The molecule has 1 N–H and O–H groups in total. The Balaban J connectivity index is 1.61. The van der Waals surface area contributed by atoms with Gasteiger partial charge in [0.05, 0.1) is 12.7 Å². The van der Waals surface area contributed by atoms with Gasteiger partial charge >= 0.3 is 5.97 Å². The van der Waals surface area contributed by atoms with Crippen LogP contribution in [0.5, 0.6) is 0 Å². The molecule has 7 heteroatoms. The molecule has 0 bridgehead atoms. The first-order valence-electron chi connectivity index (χ1n) is 8.73. The first-order chi connectivity index (χ1) is 13.2. The van der Waals surface area contributed by atoms with E-state index in [-0.39, 0.29) is 5.76 Å². The van der Waals surface area contributed by atoms with E-state index in [9.17, 15) is 9.59 Å². The zero-order valence-corrected chi connectivity index (χ0v) is 15.6. The van der Waals surface area contributed by atoms with Gasteiger partial charge in [0, 0.05) is 16.5 Å². The highest BCUT2D eigenvalue weighted by Gasteiger charge is 2.27. The van der Waals surface area contributed by atoms with Gasteiger partial charge in [0.2, 0.25) is 5.76 Å². The van der Waals surface area contributed by atoms with Gasteiger partial charge in [0.15, 0.2) is 0 Å². The quantitative estimate of drug-likeness (QED) is 0.680. The predicted octanol–water partition coefficient (Wildman–Crippen LogP) is 4.32. The summed E-state index contributed by atoms with van der Waals surface area (Å²) in [5.41, 5.74) is 2.91. The van der Waals surface area contributed by atoms with Gasteiger partial charge < -0.3 is 14.6 Å². The van der Waals surface area contributed by atoms with Crippen LogP contribution in [0.25, 0.3) is 11.3 Å². The van der Waals surface area contributed by atoms with Crippen LogP contribution in [0.1, 0.15) is 44.2 Å². The molecule has 0 spiro atoms. The highest BCUT2D eigenvalue weighted by molar-refractivity contribution is 7.17. The number of anilines is 1. The maximum absolute atomic E-state index is 12.6. The van der Waals surface area contributed by atoms with Gasteiger partial charge in [-0.05, 0) is 31.2 Å². The average Bonchev–Trinajstić information content (AvgIpc) is 3.33. The summed E-state index contributed by atoms with van der Waals surface area (Å²) < 4.78 is 10.1. The third-order valence-electron chi connectivity index (χ3n) is 4.59. The van der Waals surface area contributed by atoms with Crippen LogP contribution in [-0.4, -0.2) is 24.1 Å². The average molecular weight is 382 g/mol. The highest BCUT2D eigenvalue weighted by Crippen LogP contribution is 2.38. The van der Waals surface area contributed by atoms with E-state index >= 15 is 0 Å². The molecule has 0 saturated heterocycles. The molecule has 27 heavy (non-hydrogen) atoms. The molecule has 2 aromatic heterocycles. The van der Waals surface area contributed by atoms with E-state index in [2.05, 4.69) is 10.5 Å². The van der Waals surface area contributed by atoms with Gasteiger partial charge in [-0.25, -0.2) is 4.79 Å². The van der Waals surface area contributed by atoms with Gasteiger partial charge in [-0.1, -0.05) is 35.5 Å². The molecule has 1 aliphatic rings. The van der Waals surface area contributed by atoms with Gasteiger partial charge in [0.25, 0.3) is 5.91 Å². The molecule has 0 unspecified atom stereocenters. The Bertz CT molecular complexity index is 991. The Morgan fingerprint density at radius 1 is 1.19 bits per heavy atom. The number of aryl methyl sites for hydroxylation is 1. The smallest absolute Gasteiger partial charge is 0.341 e. The van der Waals surface area contributed by atoms with E-state index < -0.39 is 11.9 Å². The standard InChI is InChI=1S/C20H18N2O4S/c1-25-20(24)17-13-9-5-6-10-16(13)27-19(17)21-18(23)15-11-14(22-26-15)12-7-3-2-4-8-12/h2-4,7-8,11H,5-6,9-10H2,1H3,(H,21,23). The first kappa shape index (κ1) is 17.5. The van der Waals surface area contributed by atoms with Crippen molar-refractivity contribution in [3.63, 3.8) is 0 Å². The number of ether oxygens (including phenoxy) is 1. The fraction of sp³-hybridized carbons (Fsp3) is 0.250. The van der Waals surface area contributed by atoms with Crippen LogP contribution in [0.15, 0.2) is 40.9 Å². The second kappa shape index (κ2) is 7.36. The lowest BCUT2D eigenvalue weighted by Gasteiger charge is -2.11. The monoisotopic (exact) mass is 382 g/mol. The number of thiophene rings is 1. The Morgan fingerprint density at radius 2 is 1.96 bits per heavy atom. The first-order valence-corrected chi connectivity index (χ1v) is 9.55. The molecule has 1 amide bonds. The number of methoxy groups -OCH3 is 1. The molecule has 0 atom stereocenters. The lowest BCUT2D eigenvalue weighted by atomic mass is 9.95. The Hall–Kier alpha value is -2.93. The van der Waals surface area contributed by atoms with E-state index in [0.717, 1.165) is 41.7 Å². The van der Waals surface area contributed by atoms with E-state index in [0.29, 0.717) is 16.3 Å². The molecule has 2 heterocycles. The van der Waals surface area contributed by atoms with Crippen molar-refractivity contribution in [2.75, 3.05) is 12.4 Å². The Labute approximate surface area is 160 Å². The number of hydrogen-bond donors (Lipinski definition) is 1. The van der Waals surface area contributed by atoms with Crippen LogP contribution < -0.4 is 5.32 Å². The number of nitrogens with one attached hydrogen (secondary N) is 1. The molecule has 0 fully saturated rings. The van der Waals surface area contributed by atoms with Crippen molar-refractivity contribution in [1.29, 1.82) is 0 Å². The summed E-state index contributed by atoms with van der Waals surface area (Å²) in [6.45, 7) is 0. The topological polar surface area (TPSA) is 81.4 Å². The molecule has 1 aromatic carbocycles. The minimum atomic E-state index is -0.437. The molecule has 0 saturated carbocycles. The lowest BCUT2D eigenvalue weighted by Crippen LogP contribution is -2.14. The summed E-state index contributed by atoms with van der Waals surface area (Å²) in [6, 6.07) is 11.1. The van der Waals surface area contributed by atoms with Crippen LogP contribution in [0.2, 0.25) is 0 Å². The maximum Gasteiger partial charge on any atom is 0.341 e. The molecule has 138 valence electrons. The third-order valence-corrected chi connectivity index (χ3v) is 5.80. The number of esters is 1. The van der Waals surface area contributed by atoms with Crippen molar-refractivity contribution in [3.05, 3.63) is 58.2 Å². The van der Waals surface area contributed by atoms with Gasteiger partial charge in [-0.15, -0.1) is 11.3 Å². The van der Waals surface area contributed by atoms with Crippen molar-refractivity contribution in [1.82, 2.24) is 5.16 Å².